The molecule has 0 amide bonds. The van der Waals surface area contributed by atoms with Crippen molar-refractivity contribution in [1.82, 2.24) is 9.13 Å². The van der Waals surface area contributed by atoms with E-state index in [-0.39, 0.29) is 0 Å². The van der Waals surface area contributed by atoms with Gasteiger partial charge < -0.3 is 9.13 Å². The van der Waals surface area contributed by atoms with E-state index >= 15 is 0 Å². The van der Waals surface area contributed by atoms with Crippen LogP contribution >= 0.6 is 0 Å². The Bertz CT molecular complexity index is 2780. The Morgan fingerprint density at radius 2 is 0.804 bits per heavy atom. The van der Waals surface area contributed by atoms with Gasteiger partial charge in [-0.05, 0) is 69.8 Å². The third-order valence-electron chi connectivity index (χ3n) is 9.71. The third-order valence-corrected chi connectivity index (χ3v) is 9.71. The van der Waals surface area contributed by atoms with Crippen LogP contribution in [0.2, 0.25) is 0 Å². The van der Waals surface area contributed by atoms with Gasteiger partial charge in [0.25, 0.3) is 0 Å². The number of para-hydroxylation sites is 2. The Morgan fingerprint density at radius 1 is 0.304 bits per heavy atom. The van der Waals surface area contributed by atoms with Crippen LogP contribution in [0.5, 0.6) is 0 Å². The average molecular weight is 585 g/mol. The molecule has 2 heteroatoms. The van der Waals surface area contributed by atoms with Crippen LogP contribution in [0.15, 0.2) is 170 Å². The minimum Gasteiger partial charge on any atom is -0.309 e. The van der Waals surface area contributed by atoms with Crippen molar-refractivity contribution in [3.63, 3.8) is 0 Å². The molecule has 2 aromatic heterocycles. The van der Waals surface area contributed by atoms with Crippen LogP contribution in [0, 0.1) is 0 Å². The molecule has 2 heterocycles. The predicted octanol–water partition coefficient (Wildman–Crippen LogP) is 11.9. The van der Waals surface area contributed by atoms with E-state index in [1.54, 1.807) is 0 Å². The maximum atomic E-state index is 2.46. The van der Waals surface area contributed by atoms with E-state index in [2.05, 4.69) is 179 Å². The van der Waals surface area contributed by atoms with Gasteiger partial charge in [0.05, 0.1) is 27.8 Å². The zero-order valence-corrected chi connectivity index (χ0v) is 25.1. The first-order chi connectivity index (χ1) is 22.8. The Kier molecular flexibility index (Phi) is 5.31. The van der Waals surface area contributed by atoms with Gasteiger partial charge in [-0.3, -0.25) is 0 Å². The zero-order valence-electron chi connectivity index (χ0n) is 25.1. The van der Waals surface area contributed by atoms with Crippen LogP contribution in [0.25, 0.3) is 87.7 Å². The van der Waals surface area contributed by atoms with Crippen LogP contribution in [0.4, 0.5) is 0 Å². The van der Waals surface area contributed by atoms with Crippen molar-refractivity contribution in [2.45, 2.75) is 0 Å². The molecule has 0 atom stereocenters. The molecule has 0 spiro atoms. The molecule has 0 fully saturated rings. The number of hydrogen-bond donors (Lipinski definition) is 0. The van der Waals surface area contributed by atoms with Crippen LogP contribution in [-0.4, -0.2) is 9.13 Å². The van der Waals surface area contributed by atoms with Gasteiger partial charge in [0.15, 0.2) is 0 Å². The first-order valence-corrected chi connectivity index (χ1v) is 15.9. The summed E-state index contributed by atoms with van der Waals surface area (Å²) in [6.07, 6.45) is 0. The molecule has 0 radical (unpaired) electrons. The van der Waals surface area contributed by atoms with Crippen LogP contribution in [0.3, 0.4) is 0 Å². The molecular weight excluding hydrogens is 556 g/mol. The Morgan fingerprint density at radius 3 is 1.50 bits per heavy atom. The number of nitrogens with zero attached hydrogens (tertiary/aromatic N) is 2. The molecule has 0 N–H and O–H groups in total. The van der Waals surface area contributed by atoms with Gasteiger partial charge in [-0.15, -0.1) is 0 Å². The summed E-state index contributed by atoms with van der Waals surface area (Å²) in [5, 5.41) is 10.2. The summed E-state index contributed by atoms with van der Waals surface area (Å²) in [5.41, 5.74) is 9.72. The molecular formula is C44H28N2. The van der Waals surface area contributed by atoms with Crippen molar-refractivity contribution in [2.24, 2.45) is 0 Å². The lowest BCUT2D eigenvalue weighted by Crippen LogP contribution is -1.96. The number of fused-ring (bicyclic) bond motifs is 9. The molecule has 0 saturated heterocycles. The van der Waals surface area contributed by atoms with Crippen molar-refractivity contribution < 1.29 is 0 Å². The van der Waals surface area contributed by atoms with E-state index in [1.807, 2.05) is 0 Å². The van der Waals surface area contributed by atoms with Crippen molar-refractivity contribution in [3.8, 4) is 22.5 Å². The quantitative estimate of drug-likeness (QED) is 0.195. The molecule has 10 rings (SSSR count). The molecule has 10 aromatic rings. The Balaban J connectivity index is 1.25. The monoisotopic (exact) mass is 584 g/mol. The highest BCUT2D eigenvalue weighted by molar-refractivity contribution is 6.29. The van der Waals surface area contributed by atoms with Gasteiger partial charge in [-0.2, -0.15) is 0 Å². The van der Waals surface area contributed by atoms with Gasteiger partial charge in [0, 0.05) is 32.6 Å². The molecule has 0 aliphatic carbocycles. The van der Waals surface area contributed by atoms with E-state index in [0.29, 0.717) is 0 Å². The van der Waals surface area contributed by atoms with Gasteiger partial charge in [-0.25, -0.2) is 0 Å². The number of aromatic nitrogens is 2. The number of rotatable bonds is 3. The van der Waals surface area contributed by atoms with E-state index in [9.17, 15) is 0 Å². The highest BCUT2D eigenvalue weighted by atomic mass is 15.0. The van der Waals surface area contributed by atoms with E-state index in [0.717, 1.165) is 5.69 Å². The molecule has 2 nitrogen and oxygen atoms in total. The minimum atomic E-state index is 1.16. The summed E-state index contributed by atoms with van der Waals surface area (Å²) in [6, 6.07) is 61.9. The highest BCUT2D eigenvalue weighted by Gasteiger charge is 2.21. The topological polar surface area (TPSA) is 9.86 Å². The molecule has 0 bridgehead atoms. The molecule has 8 aromatic carbocycles. The van der Waals surface area contributed by atoms with Crippen molar-refractivity contribution >= 4 is 65.2 Å². The van der Waals surface area contributed by atoms with E-state index < -0.39 is 0 Å². The first kappa shape index (κ1) is 25.2. The van der Waals surface area contributed by atoms with Gasteiger partial charge in [0.1, 0.15) is 0 Å². The van der Waals surface area contributed by atoms with Crippen molar-refractivity contribution in [2.75, 3.05) is 0 Å². The van der Waals surface area contributed by atoms with E-state index in [1.165, 1.54) is 82.0 Å². The summed E-state index contributed by atoms with van der Waals surface area (Å²) >= 11 is 0. The van der Waals surface area contributed by atoms with Crippen molar-refractivity contribution in [1.29, 1.82) is 0 Å². The van der Waals surface area contributed by atoms with E-state index in [4.69, 9.17) is 0 Å². The summed E-state index contributed by atoms with van der Waals surface area (Å²) in [7, 11) is 0. The van der Waals surface area contributed by atoms with Crippen LogP contribution < -0.4 is 0 Å². The summed E-state index contributed by atoms with van der Waals surface area (Å²) in [4.78, 5) is 0. The fraction of sp³-hybridized carbons (Fsp3) is 0. The van der Waals surface area contributed by atoms with Crippen LogP contribution in [-0.2, 0) is 0 Å². The lowest BCUT2D eigenvalue weighted by Gasteiger charge is -2.12. The maximum Gasteiger partial charge on any atom is 0.0549 e. The molecule has 0 aliphatic heterocycles. The lowest BCUT2D eigenvalue weighted by atomic mass is 9.98. The largest absolute Gasteiger partial charge is 0.309 e. The normalized spacial score (nSPS) is 11.9. The first-order valence-electron chi connectivity index (χ1n) is 15.9. The SMILES string of the molecule is c1ccc2c(-c3ccc(-n4c5ccccc5c5c6c7ccccc7n(-c7cccc8ccccc78)c6ccc54)cc3)cccc2c1. The summed E-state index contributed by atoms with van der Waals surface area (Å²) in [5.74, 6) is 0. The van der Waals surface area contributed by atoms with Crippen LogP contribution in [0.1, 0.15) is 0 Å². The van der Waals surface area contributed by atoms with Gasteiger partial charge in [0.2, 0.25) is 0 Å². The molecule has 0 unspecified atom stereocenters. The molecule has 46 heavy (non-hydrogen) atoms. The number of hydrogen-bond acceptors (Lipinski definition) is 0. The summed E-state index contributed by atoms with van der Waals surface area (Å²) < 4.78 is 4.89. The molecule has 0 saturated carbocycles. The predicted molar refractivity (Wildman–Crippen MR) is 196 cm³/mol. The molecule has 0 aliphatic rings. The summed E-state index contributed by atoms with van der Waals surface area (Å²) in [6.45, 7) is 0. The third kappa shape index (κ3) is 3.53. The smallest absolute Gasteiger partial charge is 0.0549 e. The second-order valence-corrected chi connectivity index (χ2v) is 12.1. The zero-order chi connectivity index (χ0) is 30.2. The lowest BCUT2D eigenvalue weighted by molar-refractivity contribution is 1.18. The second-order valence-electron chi connectivity index (χ2n) is 12.1. The molecule has 214 valence electrons. The maximum absolute atomic E-state index is 2.46. The second kappa shape index (κ2) is 9.69. The standard InChI is InChI=1S/C44H28N2/c1-3-15-33-29(11-1)13-9-19-34(33)31-23-25-32(26-24-31)45-39-20-7-5-17-36(39)43-41(45)27-28-42-44(43)37-18-6-8-21-40(37)46(42)38-22-10-14-30-12-2-4-16-35(30)38/h1-28H. The minimum absolute atomic E-state index is 1.16. The fourth-order valence-electron chi connectivity index (χ4n) is 7.73. The van der Waals surface area contributed by atoms with Gasteiger partial charge >= 0.3 is 0 Å². The Labute approximate surface area is 266 Å². The Hall–Kier alpha value is -6.12. The highest BCUT2D eigenvalue weighted by Crippen LogP contribution is 2.43. The number of benzene rings is 8. The van der Waals surface area contributed by atoms with Crippen molar-refractivity contribution in [3.05, 3.63) is 170 Å². The fourth-order valence-corrected chi connectivity index (χ4v) is 7.73. The van der Waals surface area contributed by atoms with Gasteiger partial charge in [-0.1, -0.05) is 127 Å². The average Bonchev–Trinajstić information content (AvgIpc) is 3.64.